The van der Waals surface area contributed by atoms with Crippen LogP contribution in [0.1, 0.15) is 51.7 Å². The summed E-state index contributed by atoms with van der Waals surface area (Å²) in [5, 5.41) is 2.56. The van der Waals surface area contributed by atoms with Crippen LogP contribution in [-0.4, -0.2) is 49.7 Å². The van der Waals surface area contributed by atoms with Crippen molar-refractivity contribution in [2.45, 2.75) is 26.8 Å². The molecule has 8 nitrogen and oxygen atoms in total. The topological polar surface area (TPSA) is 110 Å². The minimum atomic E-state index is -3.56. The molecule has 1 N–H and O–H groups in total. The second-order valence-corrected chi connectivity index (χ2v) is 9.64. The maximum atomic E-state index is 13.3. The van der Waals surface area contributed by atoms with Crippen molar-refractivity contribution in [3.8, 4) is 5.75 Å². The number of aryl methyl sites for hydroxylation is 1. The largest absolute Gasteiger partial charge is 0.494 e. The van der Waals surface area contributed by atoms with Crippen molar-refractivity contribution in [3.05, 3.63) is 58.7 Å². The Bertz CT molecular complexity index is 1170. The Balaban J connectivity index is 2.13. The summed E-state index contributed by atoms with van der Waals surface area (Å²) >= 11 is 0. The van der Waals surface area contributed by atoms with Gasteiger partial charge in [0.05, 0.1) is 35.2 Å². The highest BCUT2D eigenvalue weighted by Crippen LogP contribution is 2.37. The van der Waals surface area contributed by atoms with Crippen LogP contribution in [0.3, 0.4) is 0 Å². The summed E-state index contributed by atoms with van der Waals surface area (Å²) in [5.41, 5.74) is 1.70. The zero-order chi connectivity index (χ0) is 22.9. The summed E-state index contributed by atoms with van der Waals surface area (Å²) in [5.74, 6) is -1.55. The van der Waals surface area contributed by atoms with Crippen LogP contribution in [0.5, 0.6) is 5.75 Å². The van der Waals surface area contributed by atoms with E-state index >= 15 is 0 Å². The molecule has 0 radical (unpaired) electrons. The van der Waals surface area contributed by atoms with Crippen LogP contribution >= 0.6 is 0 Å². The molecule has 164 valence electrons. The number of imide groups is 1. The molecule has 1 aliphatic heterocycles. The average molecular weight is 445 g/mol. The minimum absolute atomic E-state index is 0.0540. The molecule has 1 atom stereocenters. The molecule has 2 aromatic rings. The average Bonchev–Trinajstić information content (AvgIpc) is 2.92. The number of sulfone groups is 1. The van der Waals surface area contributed by atoms with Crippen LogP contribution in [0.2, 0.25) is 0 Å². The van der Waals surface area contributed by atoms with Crippen LogP contribution < -0.4 is 10.1 Å². The molecular formula is C22H24N2O6S. The summed E-state index contributed by atoms with van der Waals surface area (Å²) in [6, 6.07) is 8.63. The summed E-state index contributed by atoms with van der Waals surface area (Å²) in [6.45, 7) is 5.39. The van der Waals surface area contributed by atoms with Crippen LogP contribution in [0.25, 0.3) is 0 Å². The predicted octanol–water partition coefficient (Wildman–Crippen LogP) is 2.73. The summed E-state index contributed by atoms with van der Waals surface area (Å²) in [6.07, 6.45) is 1.05. The fraction of sp³-hybridized carbons (Fsp3) is 0.318. The summed E-state index contributed by atoms with van der Waals surface area (Å²) in [7, 11) is -3.56. The van der Waals surface area contributed by atoms with Crippen molar-refractivity contribution in [1.29, 1.82) is 0 Å². The molecule has 2 aromatic carbocycles. The molecule has 3 rings (SSSR count). The van der Waals surface area contributed by atoms with Gasteiger partial charge >= 0.3 is 0 Å². The first kappa shape index (κ1) is 22.5. The molecule has 0 unspecified atom stereocenters. The Morgan fingerprint density at radius 2 is 1.87 bits per heavy atom. The number of benzene rings is 2. The first-order chi connectivity index (χ1) is 14.5. The van der Waals surface area contributed by atoms with E-state index in [9.17, 15) is 22.8 Å². The van der Waals surface area contributed by atoms with E-state index in [2.05, 4.69) is 5.32 Å². The monoisotopic (exact) mass is 444 g/mol. The second kappa shape index (κ2) is 8.50. The van der Waals surface area contributed by atoms with Crippen molar-refractivity contribution in [1.82, 2.24) is 4.90 Å². The maximum absolute atomic E-state index is 13.3. The normalized spacial score (nSPS) is 14.4. The van der Waals surface area contributed by atoms with E-state index < -0.39 is 33.4 Å². The van der Waals surface area contributed by atoms with E-state index in [-0.39, 0.29) is 22.7 Å². The molecular weight excluding hydrogens is 420 g/mol. The number of fused-ring (bicyclic) bond motifs is 1. The lowest BCUT2D eigenvalue weighted by Gasteiger charge is -2.27. The van der Waals surface area contributed by atoms with Gasteiger partial charge in [-0.05, 0) is 43.2 Å². The highest BCUT2D eigenvalue weighted by molar-refractivity contribution is 7.90. The molecule has 0 fully saturated rings. The van der Waals surface area contributed by atoms with Gasteiger partial charge in [-0.3, -0.25) is 19.3 Å². The molecule has 0 spiro atoms. The Labute approximate surface area is 181 Å². The molecule has 0 saturated heterocycles. The predicted molar refractivity (Wildman–Crippen MR) is 116 cm³/mol. The van der Waals surface area contributed by atoms with Crippen LogP contribution in [-0.2, 0) is 14.6 Å². The standard InChI is InChI=1S/C22H24N2O6S/c1-5-30-19-11-15(10-9-13(19)2)18(12-31(4,28)29)24-21(26)16-7-6-8-17(23-14(3)25)20(16)22(24)27/h6-11,18H,5,12H2,1-4H3,(H,23,25)/t18-/m0/s1. The number of hydrogen-bond donors (Lipinski definition) is 1. The molecule has 9 heteroatoms. The molecule has 0 aromatic heterocycles. The Morgan fingerprint density at radius 1 is 1.16 bits per heavy atom. The lowest BCUT2D eigenvalue weighted by molar-refractivity contribution is -0.114. The Morgan fingerprint density at radius 3 is 2.48 bits per heavy atom. The smallest absolute Gasteiger partial charge is 0.264 e. The zero-order valence-corrected chi connectivity index (χ0v) is 18.6. The number of carbonyl (C=O) groups excluding carboxylic acids is 3. The van der Waals surface area contributed by atoms with Crippen molar-refractivity contribution in [2.75, 3.05) is 23.9 Å². The van der Waals surface area contributed by atoms with Crippen molar-refractivity contribution in [2.24, 2.45) is 0 Å². The highest BCUT2D eigenvalue weighted by Gasteiger charge is 2.43. The van der Waals surface area contributed by atoms with Gasteiger partial charge in [-0.25, -0.2) is 8.42 Å². The molecule has 1 heterocycles. The van der Waals surface area contributed by atoms with Gasteiger partial charge in [0.1, 0.15) is 15.6 Å². The third kappa shape index (κ3) is 4.61. The molecule has 0 saturated carbocycles. The summed E-state index contributed by atoms with van der Waals surface area (Å²) in [4.78, 5) is 39.0. The van der Waals surface area contributed by atoms with Gasteiger partial charge in [0.15, 0.2) is 0 Å². The quantitative estimate of drug-likeness (QED) is 0.658. The highest BCUT2D eigenvalue weighted by atomic mass is 32.2. The number of rotatable bonds is 7. The van der Waals surface area contributed by atoms with Crippen LogP contribution in [0.15, 0.2) is 36.4 Å². The van der Waals surface area contributed by atoms with Crippen molar-refractivity contribution < 1.29 is 27.5 Å². The number of nitrogens with zero attached hydrogens (tertiary/aromatic N) is 1. The molecule has 0 bridgehead atoms. The number of nitrogens with one attached hydrogen (secondary N) is 1. The first-order valence-electron chi connectivity index (χ1n) is 9.73. The SMILES string of the molecule is CCOc1cc([C@H](CS(C)(=O)=O)N2C(=O)c3cccc(NC(C)=O)c3C2=O)ccc1C. The van der Waals surface area contributed by atoms with Crippen LogP contribution in [0, 0.1) is 6.92 Å². The Hall–Kier alpha value is -3.20. The minimum Gasteiger partial charge on any atom is -0.494 e. The third-order valence-corrected chi connectivity index (χ3v) is 5.85. The van der Waals surface area contributed by atoms with Gasteiger partial charge in [0.25, 0.3) is 11.8 Å². The number of ether oxygens (including phenoxy) is 1. The third-order valence-electron chi connectivity index (χ3n) is 4.93. The van der Waals surface area contributed by atoms with Gasteiger partial charge in [0.2, 0.25) is 5.91 Å². The fourth-order valence-corrected chi connectivity index (χ4v) is 4.54. The summed E-state index contributed by atoms with van der Waals surface area (Å²) < 4.78 is 30.0. The lowest BCUT2D eigenvalue weighted by Crippen LogP contribution is -2.37. The lowest BCUT2D eigenvalue weighted by atomic mass is 10.0. The number of amides is 3. The van der Waals surface area contributed by atoms with Gasteiger partial charge in [0, 0.05) is 13.2 Å². The first-order valence-corrected chi connectivity index (χ1v) is 11.8. The van der Waals surface area contributed by atoms with Crippen molar-refractivity contribution >= 4 is 33.2 Å². The van der Waals surface area contributed by atoms with E-state index in [4.69, 9.17) is 4.74 Å². The number of anilines is 1. The maximum Gasteiger partial charge on any atom is 0.264 e. The fourth-order valence-electron chi connectivity index (χ4n) is 3.62. The van der Waals surface area contributed by atoms with E-state index in [1.165, 1.54) is 19.1 Å². The van der Waals surface area contributed by atoms with E-state index in [1.807, 2.05) is 13.8 Å². The Kier molecular flexibility index (Phi) is 6.17. The van der Waals surface area contributed by atoms with E-state index in [0.717, 1.165) is 16.7 Å². The number of hydrogen-bond acceptors (Lipinski definition) is 6. The van der Waals surface area contributed by atoms with Crippen molar-refractivity contribution in [3.63, 3.8) is 0 Å². The van der Waals surface area contributed by atoms with Gasteiger partial charge < -0.3 is 10.1 Å². The molecule has 31 heavy (non-hydrogen) atoms. The van der Waals surface area contributed by atoms with E-state index in [1.54, 1.807) is 24.3 Å². The van der Waals surface area contributed by atoms with Gasteiger partial charge in [-0.1, -0.05) is 18.2 Å². The molecule has 3 amide bonds. The van der Waals surface area contributed by atoms with E-state index in [0.29, 0.717) is 17.9 Å². The van der Waals surface area contributed by atoms with Crippen LogP contribution in [0.4, 0.5) is 5.69 Å². The molecule has 1 aliphatic rings. The zero-order valence-electron chi connectivity index (χ0n) is 17.8. The number of carbonyl (C=O) groups is 3. The second-order valence-electron chi connectivity index (χ2n) is 7.46. The van der Waals surface area contributed by atoms with Gasteiger partial charge in [-0.2, -0.15) is 0 Å². The molecule has 0 aliphatic carbocycles. The van der Waals surface area contributed by atoms with Gasteiger partial charge in [-0.15, -0.1) is 0 Å².